The van der Waals surface area contributed by atoms with Crippen molar-refractivity contribution in [2.45, 2.75) is 27.3 Å². The van der Waals surface area contributed by atoms with Gasteiger partial charge in [0.2, 0.25) is 0 Å². The van der Waals surface area contributed by atoms with Gasteiger partial charge in [-0.25, -0.2) is 0 Å². The van der Waals surface area contributed by atoms with Crippen LogP contribution in [0.25, 0.3) is 0 Å². The van der Waals surface area contributed by atoms with Crippen LogP contribution in [0.4, 0.5) is 0 Å². The fourth-order valence-corrected chi connectivity index (χ4v) is 1.49. The minimum atomic E-state index is -0.0325. The largest absolute Gasteiger partial charge is 0.348 e. The van der Waals surface area contributed by atoms with Gasteiger partial charge >= 0.3 is 0 Å². The lowest BCUT2D eigenvalue weighted by Gasteiger charge is -2.14. The minimum absolute atomic E-state index is 0.0286. The van der Waals surface area contributed by atoms with Crippen molar-refractivity contribution < 1.29 is 0 Å². The fourth-order valence-electron chi connectivity index (χ4n) is 1.49. The second-order valence-electron chi connectivity index (χ2n) is 3.61. The molecule has 1 atom stereocenters. The van der Waals surface area contributed by atoms with Gasteiger partial charge in [-0.2, -0.15) is 5.26 Å². The van der Waals surface area contributed by atoms with Crippen molar-refractivity contribution in [1.29, 1.82) is 5.26 Å². The molecule has 0 amide bonds. The summed E-state index contributed by atoms with van der Waals surface area (Å²) >= 11 is 0. The summed E-state index contributed by atoms with van der Waals surface area (Å²) in [5.74, 6) is -0.0325. The van der Waals surface area contributed by atoms with Gasteiger partial charge in [0.25, 0.3) is 0 Å². The molecule has 0 aromatic carbocycles. The van der Waals surface area contributed by atoms with Gasteiger partial charge in [-0.1, -0.05) is 0 Å². The Labute approximate surface area is 83.6 Å². The molecule has 1 aromatic rings. The first-order valence-corrected chi connectivity index (χ1v) is 4.62. The minimum Gasteiger partial charge on any atom is -0.348 e. The van der Waals surface area contributed by atoms with E-state index in [9.17, 15) is 4.79 Å². The van der Waals surface area contributed by atoms with Crippen LogP contribution < -0.4 is 5.43 Å². The van der Waals surface area contributed by atoms with Gasteiger partial charge in [0.1, 0.15) is 0 Å². The van der Waals surface area contributed by atoms with Crippen LogP contribution in [0.2, 0.25) is 0 Å². The van der Waals surface area contributed by atoms with E-state index in [2.05, 4.69) is 6.07 Å². The third-order valence-electron chi connectivity index (χ3n) is 2.23. The van der Waals surface area contributed by atoms with Gasteiger partial charge in [-0.05, 0) is 20.8 Å². The standard InChI is InChI=1S/C11H14N2O/c1-8(6-12)7-13-9(2)4-11(14)5-10(13)3/h4-5,8H,7H2,1-3H3. The molecule has 0 spiro atoms. The Bertz CT molecular complexity index is 400. The summed E-state index contributed by atoms with van der Waals surface area (Å²) < 4.78 is 2.00. The van der Waals surface area contributed by atoms with Gasteiger partial charge in [-0.3, -0.25) is 4.79 Å². The van der Waals surface area contributed by atoms with Crippen LogP contribution in [0, 0.1) is 31.1 Å². The lowest BCUT2D eigenvalue weighted by Crippen LogP contribution is -2.16. The molecule has 3 nitrogen and oxygen atoms in total. The van der Waals surface area contributed by atoms with E-state index in [-0.39, 0.29) is 11.3 Å². The van der Waals surface area contributed by atoms with E-state index in [0.29, 0.717) is 6.54 Å². The van der Waals surface area contributed by atoms with Crippen LogP contribution in [0.15, 0.2) is 16.9 Å². The monoisotopic (exact) mass is 190 g/mol. The van der Waals surface area contributed by atoms with Gasteiger partial charge in [-0.15, -0.1) is 0 Å². The summed E-state index contributed by atoms with van der Waals surface area (Å²) in [6.07, 6.45) is 0. The molecule has 0 aliphatic carbocycles. The van der Waals surface area contributed by atoms with E-state index in [1.165, 1.54) is 0 Å². The molecular formula is C11H14N2O. The van der Waals surface area contributed by atoms with Crippen molar-refractivity contribution in [3.63, 3.8) is 0 Å². The average Bonchev–Trinajstić information content (AvgIpc) is 2.10. The molecule has 1 aromatic heterocycles. The molecule has 0 N–H and O–H groups in total. The molecule has 0 fully saturated rings. The molecule has 14 heavy (non-hydrogen) atoms. The van der Waals surface area contributed by atoms with Crippen molar-refractivity contribution >= 4 is 0 Å². The van der Waals surface area contributed by atoms with Gasteiger partial charge < -0.3 is 4.57 Å². The Hall–Kier alpha value is -1.56. The first-order chi connectivity index (χ1) is 6.54. The van der Waals surface area contributed by atoms with Gasteiger partial charge in [0.15, 0.2) is 5.43 Å². The highest BCUT2D eigenvalue weighted by molar-refractivity contribution is 5.12. The summed E-state index contributed by atoms with van der Waals surface area (Å²) in [6, 6.07) is 5.37. The first-order valence-electron chi connectivity index (χ1n) is 4.62. The predicted octanol–water partition coefficient (Wildman–Crippen LogP) is 1.62. The van der Waals surface area contributed by atoms with Crippen LogP contribution in [-0.2, 0) is 6.54 Å². The van der Waals surface area contributed by atoms with Gasteiger partial charge in [0.05, 0.1) is 12.0 Å². The normalized spacial score (nSPS) is 12.1. The van der Waals surface area contributed by atoms with Crippen LogP contribution in [0.1, 0.15) is 18.3 Å². The van der Waals surface area contributed by atoms with Crippen LogP contribution >= 0.6 is 0 Å². The highest BCUT2D eigenvalue weighted by Crippen LogP contribution is 2.06. The van der Waals surface area contributed by atoms with E-state index < -0.39 is 0 Å². The number of rotatable bonds is 2. The number of aryl methyl sites for hydroxylation is 2. The van der Waals surface area contributed by atoms with Crippen LogP contribution in [-0.4, -0.2) is 4.57 Å². The fraction of sp³-hybridized carbons (Fsp3) is 0.455. The third kappa shape index (κ3) is 2.23. The summed E-state index contributed by atoms with van der Waals surface area (Å²) in [5.41, 5.74) is 1.86. The lowest BCUT2D eigenvalue weighted by atomic mass is 10.2. The zero-order valence-corrected chi connectivity index (χ0v) is 8.74. The van der Waals surface area contributed by atoms with E-state index in [0.717, 1.165) is 11.4 Å². The number of pyridine rings is 1. The number of hydrogen-bond acceptors (Lipinski definition) is 2. The number of aromatic nitrogens is 1. The maximum absolute atomic E-state index is 11.1. The molecule has 0 saturated heterocycles. The second kappa shape index (κ2) is 4.10. The van der Waals surface area contributed by atoms with E-state index in [4.69, 9.17) is 5.26 Å². The Morgan fingerprint density at radius 2 is 1.93 bits per heavy atom. The topological polar surface area (TPSA) is 45.8 Å². The van der Waals surface area contributed by atoms with Crippen LogP contribution in [0.3, 0.4) is 0 Å². The highest BCUT2D eigenvalue weighted by atomic mass is 16.1. The second-order valence-corrected chi connectivity index (χ2v) is 3.61. The maximum Gasteiger partial charge on any atom is 0.182 e. The molecule has 3 heteroatoms. The molecule has 74 valence electrons. The number of hydrogen-bond donors (Lipinski definition) is 0. The quantitative estimate of drug-likeness (QED) is 0.711. The number of nitriles is 1. The van der Waals surface area contributed by atoms with Gasteiger partial charge in [0, 0.05) is 30.1 Å². The summed E-state index contributed by atoms with van der Waals surface area (Å²) in [6.45, 7) is 6.29. The van der Waals surface area contributed by atoms with Crippen molar-refractivity contribution in [3.05, 3.63) is 33.7 Å². The molecule has 0 saturated carbocycles. The van der Waals surface area contributed by atoms with E-state index >= 15 is 0 Å². The molecule has 1 rings (SSSR count). The van der Waals surface area contributed by atoms with Crippen LogP contribution in [0.5, 0.6) is 0 Å². The molecular weight excluding hydrogens is 176 g/mol. The summed E-state index contributed by atoms with van der Waals surface area (Å²) in [7, 11) is 0. The maximum atomic E-state index is 11.1. The average molecular weight is 190 g/mol. The Balaban J connectivity index is 3.10. The molecule has 1 heterocycles. The molecule has 0 aliphatic heterocycles. The van der Waals surface area contributed by atoms with E-state index in [1.54, 1.807) is 12.1 Å². The third-order valence-corrected chi connectivity index (χ3v) is 2.23. The first kappa shape index (κ1) is 10.5. The Morgan fingerprint density at radius 3 is 2.36 bits per heavy atom. The van der Waals surface area contributed by atoms with Crippen molar-refractivity contribution in [2.24, 2.45) is 5.92 Å². The Kier molecular flexibility index (Phi) is 3.08. The Morgan fingerprint density at radius 1 is 1.43 bits per heavy atom. The lowest BCUT2D eigenvalue weighted by molar-refractivity contribution is 0.553. The van der Waals surface area contributed by atoms with Crippen molar-refractivity contribution in [2.75, 3.05) is 0 Å². The molecule has 0 bridgehead atoms. The summed E-state index contributed by atoms with van der Waals surface area (Å²) in [4.78, 5) is 11.1. The van der Waals surface area contributed by atoms with Crippen molar-refractivity contribution in [3.8, 4) is 6.07 Å². The SMILES string of the molecule is Cc1cc(=O)cc(C)n1CC(C)C#N. The number of nitrogens with zero attached hydrogens (tertiary/aromatic N) is 2. The molecule has 0 aliphatic rings. The van der Waals surface area contributed by atoms with Crippen molar-refractivity contribution in [1.82, 2.24) is 4.57 Å². The highest BCUT2D eigenvalue weighted by Gasteiger charge is 2.05. The predicted molar refractivity (Wildman–Crippen MR) is 55.0 cm³/mol. The van der Waals surface area contributed by atoms with E-state index in [1.807, 2.05) is 25.3 Å². The molecule has 0 radical (unpaired) electrons. The zero-order valence-electron chi connectivity index (χ0n) is 8.74. The summed E-state index contributed by atoms with van der Waals surface area (Å²) in [5, 5.41) is 8.71. The molecule has 1 unspecified atom stereocenters. The zero-order chi connectivity index (χ0) is 10.7. The smallest absolute Gasteiger partial charge is 0.182 e.